The Bertz CT molecular complexity index is 632. The minimum absolute atomic E-state index is 0.290. The number of halogens is 1. The largest absolute Gasteiger partial charge is 0.356 e. The van der Waals surface area contributed by atoms with Gasteiger partial charge in [-0.1, -0.05) is 17.7 Å². The third kappa shape index (κ3) is 3.12. The Balaban J connectivity index is 2.13. The van der Waals surface area contributed by atoms with E-state index in [0.717, 1.165) is 14.8 Å². The Labute approximate surface area is 120 Å². The molecule has 0 saturated heterocycles. The highest BCUT2D eigenvalue weighted by Crippen LogP contribution is 2.13. The van der Waals surface area contributed by atoms with Gasteiger partial charge in [0.1, 0.15) is 0 Å². The quantitative estimate of drug-likeness (QED) is 0.806. The average molecular weight is 376 g/mol. The summed E-state index contributed by atoms with van der Waals surface area (Å²) in [5.41, 5.74) is 1.97. The predicted molar refractivity (Wildman–Crippen MR) is 78.7 cm³/mol. The first kappa shape index (κ1) is 13.6. The van der Waals surface area contributed by atoms with Crippen LogP contribution in [0.25, 0.3) is 0 Å². The van der Waals surface area contributed by atoms with Crippen LogP contribution in [0.5, 0.6) is 0 Å². The number of hydrogen-bond donors (Lipinski definition) is 2. The molecule has 0 aliphatic rings. The topological polar surface area (TPSA) is 62.0 Å². The number of benzene rings is 1. The Morgan fingerprint density at radius 2 is 1.89 bits per heavy atom. The van der Waals surface area contributed by atoms with Gasteiger partial charge in [-0.15, -0.1) is 0 Å². The van der Waals surface area contributed by atoms with Gasteiger partial charge in [0.15, 0.2) is 0 Å². The predicted octanol–water partition coefficient (Wildman–Crippen LogP) is 2.41. The van der Waals surface area contributed by atoms with Crippen LogP contribution in [-0.4, -0.2) is 13.4 Å². The first-order valence-corrected chi connectivity index (χ1v) is 7.93. The van der Waals surface area contributed by atoms with Gasteiger partial charge in [-0.25, -0.2) is 13.1 Å². The molecule has 0 radical (unpaired) electrons. The van der Waals surface area contributed by atoms with Crippen molar-refractivity contribution in [2.45, 2.75) is 18.4 Å². The third-order valence-corrected chi connectivity index (χ3v) is 4.98. The molecular weight excluding hydrogens is 363 g/mol. The minimum atomic E-state index is -3.44. The number of nitrogens with one attached hydrogen (secondary N) is 2. The van der Waals surface area contributed by atoms with Gasteiger partial charge in [0.25, 0.3) is 0 Å². The zero-order valence-electron chi connectivity index (χ0n) is 9.77. The Morgan fingerprint density at radius 1 is 1.22 bits per heavy atom. The van der Waals surface area contributed by atoms with Crippen molar-refractivity contribution in [1.82, 2.24) is 9.71 Å². The maximum atomic E-state index is 12.0. The molecule has 2 aromatic rings. The first-order valence-electron chi connectivity index (χ1n) is 5.37. The molecule has 0 aliphatic heterocycles. The van der Waals surface area contributed by atoms with Crippen molar-refractivity contribution in [2.75, 3.05) is 0 Å². The second-order valence-corrected chi connectivity index (χ2v) is 6.80. The molecule has 0 saturated carbocycles. The van der Waals surface area contributed by atoms with Crippen LogP contribution in [0, 0.1) is 10.6 Å². The lowest BCUT2D eigenvalue weighted by atomic mass is 10.2. The zero-order valence-corrected chi connectivity index (χ0v) is 12.7. The molecule has 0 fully saturated rings. The number of aryl methyl sites for hydroxylation is 1. The van der Waals surface area contributed by atoms with E-state index in [2.05, 4.69) is 32.3 Å². The zero-order chi connectivity index (χ0) is 13.2. The lowest BCUT2D eigenvalue weighted by molar-refractivity contribution is 0.581. The Morgan fingerprint density at radius 3 is 2.44 bits per heavy atom. The van der Waals surface area contributed by atoms with Crippen LogP contribution in [0.4, 0.5) is 0 Å². The molecule has 0 spiro atoms. The van der Waals surface area contributed by atoms with Crippen molar-refractivity contribution >= 4 is 32.6 Å². The molecule has 0 atom stereocenters. The van der Waals surface area contributed by atoms with E-state index in [1.54, 1.807) is 30.5 Å². The van der Waals surface area contributed by atoms with Gasteiger partial charge >= 0.3 is 0 Å². The molecule has 1 heterocycles. The van der Waals surface area contributed by atoms with Crippen molar-refractivity contribution < 1.29 is 8.42 Å². The standard InChI is InChI=1S/C12H13IN2O2S/c1-9-2-4-11(5-3-9)18(16,17)15-8-10-6-7-14-12(10)13/h2-7,14-15H,8H2,1H3. The van der Waals surface area contributed by atoms with Crippen molar-refractivity contribution in [2.24, 2.45) is 0 Å². The molecule has 0 unspecified atom stereocenters. The smallest absolute Gasteiger partial charge is 0.240 e. The number of aromatic nitrogens is 1. The maximum absolute atomic E-state index is 12.0. The van der Waals surface area contributed by atoms with Crippen LogP contribution in [-0.2, 0) is 16.6 Å². The summed E-state index contributed by atoms with van der Waals surface area (Å²) in [6.07, 6.45) is 1.79. The van der Waals surface area contributed by atoms with Crippen LogP contribution in [0.2, 0.25) is 0 Å². The summed E-state index contributed by atoms with van der Waals surface area (Å²) in [6, 6.07) is 8.65. The molecule has 0 bridgehead atoms. The number of sulfonamides is 1. The normalized spacial score (nSPS) is 11.7. The fraction of sp³-hybridized carbons (Fsp3) is 0.167. The molecule has 1 aromatic carbocycles. The monoisotopic (exact) mass is 376 g/mol. The number of rotatable bonds is 4. The van der Waals surface area contributed by atoms with Gasteiger partial charge in [-0.3, -0.25) is 0 Å². The molecular formula is C12H13IN2O2S. The summed E-state index contributed by atoms with van der Waals surface area (Å²) in [6.45, 7) is 2.21. The highest BCUT2D eigenvalue weighted by atomic mass is 127. The molecule has 6 heteroatoms. The van der Waals surface area contributed by atoms with Crippen LogP contribution in [0.1, 0.15) is 11.1 Å². The van der Waals surface area contributed by atoms with E-state index >= 15 is 0 Å². The highest BCUT2D eigenvalue weighted by molar-refractivity contribution is 14.1. The lowest BCUT2D eigenvalue weighted by Gasteiger charge is -2.06. The van der Waals surface area contributed by atoms with E-state index < -0.39 is 10.0 Å². The van der Waals surface area contributed by atoms with Gasteiger partial charge in [0.2, 0.25) is 10.0 Å². The van der Waals surface area contributed by atoms with Gasteiger partial charge in [-0.2, -0.15) is 0 Å². The van der Waals surface area contributed by atoms with E-state index in [1.165, 1.54) is 0 Å². The fourth-order valence-electron chi connectivity index (χ4n) is 1.49. The van der Waals surface area contributed by atoms with Gasteiger partial charge in [0, 0.05) is 12.7 Å². The molecule has 2 rings (SSSR count). The number of hydrogen-bond acceptors (Lipinski definition) is 2. The molecule has 1 aromatic heterocycles. The molecule has 0 amide bonds. The summed E-state index contributed by atoms with van der Waals surface area (Å²) in [7, 11) is -3.44. The SMILES string of the molecule is Cc1ccc(S(=O)(=O)NCc2cc[nH]c2I)cc1. The van der Waals surface area contributed by atoms with Crippen molar-refractivity contribution in [1.29, 1.82) is 0 Å². The van der Waals surface area contributed by atoms with Gasteiger partial charge < -0.3 is 4.98 Å². The van der Waals surface area contributed by atoms with Crippen molar-refractivity contribution in [3.63, 3.8) is 0 Å². The van der Waals surface area contributed by atoms with Crippen molar-refractivity contribution in [3.8, 4) is 0 Å². The average Bonchev–Trinajstić information content (AvgIpc) is 2.73. The first-order chi connectivity index (χ1) is 8.49. The second kappa shape index (κ2) is 5.41. The van der Waals surface area contributed by atoms with Crippen LogP contribution < -0.4 is 4.72 Å². The summed E-state index contributed by atoms with van der Waals surface area (Å²) in [5.74, 6) is 0. The number of H-pyrrole nitrogens is 1. The van der Waals surface area contributed by atoms with E-state index in [9.17, 15) is 8.42 Å². The van der Waals surface area contributed by atoms with E-state index in [0.29, 0.717) is 4.90 Å². The summed E-state index contributed by atoms with van der Waals surface area (Å²) >= 11 is 2.14. The van der Waals surface area contributed by atoms with Crippen LogP contribution in [0.3, 0.4) is 0 Å². The molecule has 0 aliphatic carbocycles. The minimum Gasteiger partial charge on any atom is -0.356 e. The van der Waals surface area contributed by atoms with Gasteiger partial charge in [0.05, 0.1) is 8.60 Å². The summed E-state index contributed by atoms with van der Waals surface area (Å²) in [5, 5.41) is 0. The van der Waals surface area contributed by atoms with Gasteiger partial charge in [-0.05, 0) is 53.3 Å². The summed E-state index contributed by atoms with van der Waals surface area (Å²) in [4.78, 5) is 3.29. The Kier molecular flexibility index (Phi) is 4.08. The molecule has 18 heavy (non-hydrogen) atoms. The van der Waals surface area contributed by atoms with E-state index in [1.807, 2.05) is 13.0 Å². The van der Waals surface area contributed by atoms with Crippen LogP contribution >= 0.6 is 22.6 Å². The lowest BCUT2D eigenvalue weighted by Crippen LogP contribution is -2.23. The van der Waals surface area contributed by atoms with Crippen LogP contribution in [0.15, 0.2) is 41.4 Å². The van der Waals surface area contributed by atoms with Crippen molar-refractivity contribution in [3.05, 3.63) is 51.4 Å². The highest BCUT2D eigenvalue weighted by Gasteiger charge is 2.13. The van der Waals surface area contributed by atoms with E-state index in [4.69, 9.17) is 0 Å². The third-order valence-electron chi connectivity index (χ3n) is 2.56. The maximum Gasteiger partial charge on any atom is 0.240 e. The fourth-order valence-corrected chi connectivity index (χ4v) is 3.05. The summed E-state index contributed by atoms with van der Waals surface area (Å²) < 4.78 is 27.6. The van der Waals surface area contributed by atoms with E-state index in [-0.39, 0.29) is 6.54 Å². The second-order valence-electron chi connectivity index (χ2n) is 3.95. The Hall–Kier alpha value is -0.860. The molecule has 2 N–H and O–H groups in total. The molecule has 96 valence electrons. The molecule has 4 nitrogen and oxygen atoms in total. The number of aromatic amines is 1.